The zero-order valence-corrected chi connectivity index (χ0v) is 18.6. The van der Waals surface area contributed by atoms with E-state index in [0.717, 1.165) is 36.3 Å². The molecule has 1 fully saturated rings. The minimum atomic E-state index is -3.93. The van der Waals surface area contributed by atoms with Crippen LogP contribution in [0.15, 0.2) is 71.8 Å². The first-order valence-corrected chi connectivity index (χ1v) is 12.2. The Kier molecular flexibility index (Phi) is 5.49. The van der Waals surface area contributed by atoms with Crippen LogP contribution in [0.1, 0.15) is 17.5 Å². The summed E-state index contributed by atoms with van der Waals surface area (Å²) in [7, 11) is -2.15. The average Bonchev–Trinajstić information content (AvgIpc) is 3.49. The standard InChI is InChI=1S/C25H25FN2O3S/c1-27-13-17-9-25(23-7-2-3-8-24(23)26)28(14-17)32(29,30)22-6-4-5-18(12-22)19-10-20-15-31-16-21(20)11-19/h2-10,12,14,20-21,27H,11,13,15-16H2,1H3. The molecule has 2 atom stereocenters. The van der Waals surface area contributed by atoms with Gasteiger partial charge in [0.15, 0.2) is 0 Å². The van der Waals surface area contributed by atoms with Crippen molar-refractivity contribution in [2.75, 3.05) is 20.3 Å². The van der Waals surface area contributed by atoms with E-state index in [1.54, 1.807) is 55.7 Å². The van der Waals surface area contributed by atoms with E-state index in [9.17, 15) is 12.8 Å². The van der Waals surface area contributed by atoms with Gasteiger partial charge in [-0.05, 0) is 66.4 Å². The molecule has 1 saturated heterocycles. The van der Waals surface area contributed by atoms with E-state index >= 15 is 0 Å². The monoisotopic (exact) mass is 452 g/mol. The van der Waals surface area contributed by atoms with Gasteiger partial charge in [0.1, 0.15) is 5.82 Å². The van der Waals surface area contributed by atoms with Crippen LogP contribution < -0.4 is 5.32 Å². The molecule has 0 bridgehead atoms. The van der Waals surface area contributed by atoms with Gasteiger partial charge in [0.25, 0.3) is 10.0 Å². The molecule has 5 nitrogen and oxygen atoms in total. The molecule has 0 spiro atoms. The van der Waals surface area contributed by atoms with Crippen LogP contribution in [0.4, 0.5) is 4.39 Å². The number of hydrogen-bond acceptors (Lipinski definition) is 4. The molecule has 2 aromatic carbocycles. The van der Waals surface area contributed by atoms with Crippen LogP contribution in [0.2, 0.25) is 0 Å². The quantitative estimate of drug-likeness (QED) is 0.606. The second-order valence-corrected chi connectivity index (χ2v) is 10.2. The van der Waals surface area contributed by atoms with E-state index in [-0.39, 0.29) is 10.5 Å². The van der Waals surface area contributed by atoms with Gasteiger partial charge >= 0.3 is 0 Å². The zero-order chi connectivity index (χ0) is 22.3. The second-order valence-electron chi connectivity index (χ2n) is 8.43. The Hall–Kier alpha value is -2.74. The number of benzene rings is 2. The molecule has 166 valence electrons. The Labute approximate surface area is 187 Å². The fourth-order valence-corrected chi connectivity index (χ4v) is 6.10. The number of hydrogen-bond donors (Lipinski definition) is 1. The summed E-state index contributed by atoms with van der Waals surface area (Å²) < 4.78 is 48.7. The summed E-state index contributed by atoms with van der Waals surface area (Å²) in [5, 5.41) is 3.03. The molecule has 0 amide bonds. The summed E-state index contributed by atoms with van der Waals surface area (Å²) in [5.74, 6) is 0.426. The summed E-state index contributed by atoms with van der Waals surface area (Å²) in [6.45, 7) is 1.96. The van der Waals surface area contributed by atoms with E-state index in [2.05, 4.69) is 11.4 Å². The highest BCUT2D eigenvalue weighted by atomic mass is 32.2. The van der Waals surface area contributed by atoms with E-state index in [1.165, 1.54) is 10.0 Å². The van der Waals surface area contributed by atoms with Crippen molar-refractivity contribution in [1.82, 2.24) is 9.29 Å². The van der Waals surface area contributed by atoms with Gasteiger partial charge in [0.05, 0.1) is 23.8 Å². The number of rotatable bonds is 6. The van der Waals surface area contributed by atoms with Crippen molar-refractivity contribution in [2.45, 2.75) is 17.9 Å². The lowest BCUT2D eigenvalue weighted by atomic mass is 9.98. The lowest BCUT2D eigenvalue weighted by Crippen LogP contribution is -2.14. The SMILES string of the molecule is CNCc1cc(-c2ccccc2F)n(S(=O)(=O)c2cccc(C3=CC4COCC4C3)c2)c1. The van der Waals surface area contributed by atoms with Crippen molar-refractivity contribution in [1.29, 1.82) is 0 Å². The molecule has 0 saturated carbocycles. The molecule has 1 aliphatic carbocycles. The number of nitrogens with zero attached hydrogens (tertiary/aromatic N) is 1. The molecule has 5 rings (SSSR count). The van der Waals surface area contributed by atoms with Gasteiger partial charge in [0.2, 0.25) is 0 Å². The van der Waals surface area contributed by atoms with Gasteiger partial charge in [-0.2, -0.15) is 0 Å². The predicted octanol–water partition coefficient (Wildman–Crippen LogP) is 4.30. The van der Waals surface area contributed by atoms with Crippen molar-refractivity contribution in [3.05, 3.63) is 83.8 Å². The van der Waals surface area contributed by atoms with Crippen molar-refractivity contribution in [3.63, 3.8) is 0 Å². The van der Waals surface area contributed by atoms with Gasteiger partial charge in [-0.15, -0.1) is 0 Å². The molecule has 7 heteroatoms. The molecule has 2 aliphatic rings. The predicted molar refractivity (Wildman–Crippen MR) is 122 cm³/mol. The van der Waals surface area contributed by atoms with Gasteiger partial charge in [-0.3, -0.25) is 0 Å². The summed E-state index contributed by atoms with van der Waals surface area (Å²) in [6.07, 6.45) is 4.68. The van der Waals surface area contributed by atoms with E-state index in [1.807, 2.05) is 6.07 Å². The van der Waals surface area contributed by atoms with Crippen LogP contribution in [0.3, 0.4) is 0 Å². The van der Waals surface area contributed by atoms with Gasteiger partial charge in [-0.25, -0.2) is 16.8 Å². The Bertz CT molecular complexity index is 1300. The molecule has 1 aliphatic heterocycles. The fraction of sp³-hybridized carbons (Fsp3) is 0.280. The smallest absolute Gasteiger partial charge is 0.268 e. The minimum absolute atomic E-state index is 0.188. The third kappa shape index (κ3) is 3.70. The third-order valence-electron chi connectivity index (χ3n) is 6.28. The van der Waals surface area contributed by atoms with Crippen LogP contribution in [0.5, 0.6) is 0 Å². The highest BCUT2D eigenvalue weighted by Crippen LogP contribution is 2.40. The number of aromatic nitrogens is 1. The first-order valence-electron chi connectivity index (χ1n) is 10.7. The van der Waals surface area contributed by atoms with Crippen LogP contribution in [0, 0.1) is 17.7 Å². The largest absolute Gasteiger partial charge is 0.381 e. The van der Waals surface area contributed by atoms with Crippen LogP contribution in [-0.2, 0) is 21.3 Å². The summed E-state index contributed by atoms with van der Waals surface area (Å²) >= 11 is 0. The Morgan fingerprint density at radius 3 is 2.75 bits per heavy atom. The maximum Gasteiger partial charge on any atom is 0.268 e. The Morgan fingerprint density at radius 1 is 1.12 bits per heavy atom. The minimum Gasteiger partial charge on any atom is -0.381 e. The van der Waals surface area contributed by atoms with Crippen LogP contribution in [0.25, 0.3) is 16.8 Å². The molecule has 1 N–H and O–H groups in total. The second kappa shape index (κ2) is 8.31. The molecule has 2 heterocycles. The summed E-state index contributed by atoms with van der Waals surface area (Å²) in [4.78, 5) is 0.188. The van der Waals surface area contributed by atoms with Crippen molar-refractivity contribution in [2.24, 2.45) is 11.8 Å². The van der Waals surface area contributed by atoms with Crippen molar-refractivity contribution in [3.8, 4) is 11.3 Å². The van der Waals surface area contributed by atoms with Gasteiger partial charge < -0.3 is 10.1 Å². The number of halogens is 1. The lowest BCUT2D eigenvalue weighted by Gasteiger charge is -2.13. The number of fused-ring (bicyclic) bond motifs is 1. The average molecular weight is 453 g/mol. The normalized spacial score (nSPS) is 20.4. The number of ether oxygens (including phenoxy) is 1. The number of nitrogens with one attached hydrogen (secondary N) is 1. The van der Waals surface area contributed by atoms with Gasteiger partial charge in [0, 0.05) is 24.2 Å². The highest BCUT2D eigenvalue weighted by molar-refractivity contribution is 7.90. The first-order chi connectivity index (χ1) is 15.5. The van der Waals surface area contributed by atoms with Crippen molar-refractivity contribution >= 4 is 15.6 Å². The Morgan fingerprint density at radius 2 is 1.97 bits per heavy atom. The van der Waals surface area contributed by atoms with E-state index < -0.39 is 15.8 Å². The van der Waals surface area contributed by atoms with Gasteiger partial charge in [-0.1, -0.05) is 30.3 Å². The number of allylic oxidation sites excluding steroid dienone is 1. The molecular weight excluding hydrogens is 427 g/mol. The Balaban J connectivity index is 1.58. The zero-order valence-electron chi connectivity index (χ0n) is 17.8. The molecule has 32 heavy (non-hydrogen) atoms. The fourth-order valence-electron chi connectivity index (χ4n) is 4.66. The molecule has 0 radical (unpaired) electrons. The summed E-state index contributed by atoms with van der Waals surface area (Å²) in [5.41, 5.74) is 3.40. The molecule has 2 unspecified atom stereocenters. The van der Waals surface area contributed by atoms with Crippen LogP contribution >= 0.6 is 0 Å². The summed E-state index contributed by atoms with van der Waals surface area (Å²) in [6, 6.07) is 15.0. The van der Waals surface area contributed by atoms with Crippen LogP contribution in [-0.4, -0.2) is 32.7 Å². The highest BCUT2D eigenvalue weighted by Gasteiger charge is 2.33. The van der Waals surface area contributed by atoms with Crippen molar-refractivity contribution < 1.29 is 17.5 Å². The maximum atomic E-state index is 14.6. The topological polar surface area (TPSA) is 60.3 Å². The van der Waals surface area contributed by atoms with E-state index in [0.29, 0.717) is 24.1 Å². The molecule has 3 aromatic rings. The third-order valence-corrected chi connectivity index (χ3v) is 7.95. The first kappa shape index (κ1) is 21.1. The lowest BCUT2D eigenvalue weighted by molar-refractivity contribution is 0.182. The maximum absolute atomic E-state index is 14.6. The molecule has 1 aromatic heterocycles. The van der Waals surface area contributed by atoms with E-state index in [4.69, 9.17) is 4.74 Å². The molecular formula is C25H25FN2O3S.